The Hall–Kier alpha value is -0.930. The number of rotatable bonds is 3. The third kappa shape index (κ3) is 2.42. The van der Waals surface area contributed by atoms with Crippen LogP contribution in [-0.4, -0.2) is 0 Å². The number of benzene rings is 1. The van der Waals surface area contributed by atoms with Crippen LogP contribution in [0.3, 0.4) is 0 Å². The molecule has 0 aliphatic heterocycles. The molecule has 1 aliphatic carbocycles. The Morgan fingerprint density at radius 3 is 2.50 bits per heavy atom. The van der Waals surface area contributed by atoms with Gasteiger partial charge in [-0.1, -0.05) is 37.5 Å². The number of nitrogens with one attached hydrogen (secondary N) is 1. The van der Waals surface area contributed by atoms with Crippen molar-refractivity contribution < 1.29 is 4.39 Å². The third-order valence-electron chi connectivity index (χ3n) is 3.54. The van der Waals surface area contributed by atoms with Crippen LogP contribution in [-0.2, 0) is 0 Å². The second-order valence-electron chi connectivity index (χ2n) is 4.56. The van der Waals surface area contributed by atoms with Crippen molar-refractivity contribution in [3.63, 3.8) is 0 Å². The minimum absolute atomic E-state index is 0.0403. The quantitative estimate of drug-likeness (QED) is 0.609. The normalized spacial score (nSPS) is 19.6. The van der Waals surface area contributed by atoms with E-state index in [2.05, 4.69) is 5.43 Å². The molecule has 3 heteroatoms. The third-order valence-corrected chi connectivity index (χ3v) is 3.54. The molecule has 0 heterocycles. The highest BCUT2D eigenvalue weighted by molar-refractivity contribution is 5.21. The summed E-state index contributed by atoms with van der Waals surface area (Å²) < 4.78 is 13.7. The van der Waals surface area contributed by atoms with E-state index in [1.54, 1.807) is 6.07 Å². The number of hydrogen-bond donors (Lipinski definition) is 2. The predicted molar refractivity (Wildman–Crippen MR) is 63.0 cm³/mol. The van der Waals surface area contributed by atoms with Gasteiger partial charge in [0.15, 0.2) is 0 Å². The monoisotopic (exact) mass is 222 g/mol. The van der Waals surface area contributed by atoms with Gasteiger partial charge in [0.25, 0.3) is 0 Å². The summed E-state index contributed by atoms with van der Waals surface area (Å²) in [6.45, 7) is 0. The standard InChI is InChI=1S/C13H19FN2/c14-12-9-5-4-8-11(12)13(16-15)10-6-2-1-3-7-10/h4-5,8-10,13,16H,1-3,6-7,15H2. The smallest absolute Gasteiger partial charge is 0.128 e. The summed E-state index contributed by atoms with van der Waals surface area (Å²) in [5.41, 5.74) is 3.49. The maximum absolute atomic E-state index is 13.7. The van der Waals surface area contributed by atoms with Gasteiger partial charge in [-0.3, -0.25) is 11.3 Å². The van der Waals surface area contributed by atoms with Gasteiger partial charge in [0, 0.05) is 5.56 Å². The van der Waals surface area contributed by atoms with Gasteiger partial charge in [-0.15, -0.1) is 0 Å². The Morgan fingerprint density at radius 2 is 1.88 bits per heavy atom. The fourth-order valence-electron chi connectivity index (χ4n) is 2.67. The maximum atomic E-state index is 13.7. The molecular formula is C13H19FN2. The van der Waals surface area contributed by atoms with Crippen LogP contribution in [0.1, 0.15) is 43.7 Å². The van der Waals surface area contributed by atoms with Crippen LogP contribution in [0.15, 0.2) is 24.3 Å². The van der Waals surface area contributed by atoms with Gasteiger partial charge < -0.3 is 0 Å². The minimum Gasteiger partial charge on any atom is -0.271 e. The van der Waals surface area contributed by atoms with Gasteiger partial charge in [0.05, 0.1) is 6.04 Å². The van der Waals surface area contributed by atoms with E-state index in [1.165, 1.54) is 25.3 Å². The molecule has 1 aliphatic rings. The van der Waals surface area contributed by atoms with Crippen molar-refractivity contribution in [2.75, 3.05) is 0 Å². The molecule has 1 atom stereocenters. The fraction of sp³-hybridized carbons (Fsp3) is 0.538. The van der Waals surface area contributed by atoms with E-state index in [0.29, 0.717) is 11.5 Å². The summed E-state index contributed by atoms with van der Waals surface area (Å²) in [7, 11) is 0. The lowest BCUT2D eigenvalue weighted by atomic mass is 9.81. The molecule has 1 fully saturated rings. The lowest BCUT2D eigenvalue weighted by Crippen LogP contribution is -2.35. The topological polar surface area (TPSA) is 38.0 Å². The van der Waals surface area contributed by atoms with Crippen molar-refractivity contribution in [1.82, 2.24) is 5.43 Å². The molecule has 1 unspecified atom stereocenters. The van der Waals surface area contributed by atoms with Gasteiger partial charge in [-0.2, -0.15) is 0 Å². The van der Waals surface area contributed by atoms with Crippen LogP contribution in [0, 0.1) is 11.7 Å². The molecule has 1 aromatic rings. The molecule has 0 radical (unpaired) electrons. The van der Waals surface area contributed by atoms with Crippen LogP contribution in [0.4, 0.5) is 4.39 Å². The first-order valence-electron chi connectivity index (χ1n) is 6.03. The van der Waals surface area contributed by atoms with Crippen LogP contribution < -0.4 is 11.3 Å². The molecule has 1 saturated carbocycles. The van der Waals surface area contributed by atoms with Gasteiger partial charge in [-0.25, -0.2) is 4.39 Å². The van der Waals surface area contributed by atoms with E-state index >= 15 is 0 Å². The zero-order valence-corrected chi connectivity index (χ0v) is 9.45. The number of nitrogens with two attached hydrogens (primary N) is 1. The minimum atomic E-state index is -0.156. The highest BCUT2D eigenvalue weighted by Gasteiger charge is 2.25. The Labute approximate surface area is 96.0 Å². The molecule has 88 valence electrons. The number of hydrogen-bond acceptors (Lipinski definition) is 2. The van der Waals surface area contributed by atoms with Crippen molar-refractivity contribution >= 4 is 0 Å². The second-order valence-corrected chi connectivity index (χ2v) is 4.56. The molecule has 0 bridgehead atoms. The zero-order chi connectivity index (χ0) is 11.4. The van der Waals surface area contributed by atoms with Crippen molar-refractivity contribution in [3.05, 3.63) is 35.6 Å². The van der Waals surface area contributed by atoms with E-state index in [4.69, 9.17) is 5.84 Å². The summed E-state index contributed by atoms with van der Waals surface area (Å²) in [5.74, 6) is 5.90. The van der Waals surface area contributed by atoms with Crippen molar-refractivity contribution in [1.29, 1.82) is 0 Å². The molecule has 1 aromatic carbocycles. The van der Waals surface area contributed by atoms with Crippen molar-refractivity contribution in [3.8, 4) is 0 Å². The summed E-state index contributed by atoms with van der Waals surface area (Å²) in [4.78, 5) is 0. The Morgan fingerprint density at radius 1 is 1.19 bits per heavy atom. The summed E-state index contributed by atoms with van der Waals surface area (Å²) >= 11 is 0. The Balaban J connectivity index is 2.18. The SMILES string of the molecule is NNC(c1ccccc1F)C1CCCCC1. The summed E-state index contributed by atoms with van der Waals surface area (Å²) in [5, 5.41) is 0. The van der Waals surface area contributed by atoms with Gasteiger partial charge in [-0.05, 0) is 24.8 Å². The summed E-state index contributed by atoms with van der Waals surface area (Å²) in [6.07, 6.45) is 6.05. The highest BCUT2D eigenvalue weighted by atomic mass is 19.1. The molecule has 0 saturated heterocycles. The largest absolute Gasteiger partial charge is 0.271 e. The Kier molecular flexibility index (Phi) is 3.91. The predicted octanol–water partition coefficient (Wildman–Crippen LogP) is 2.91. The lowest BCUT2D eigenvalue weighted by molar-refractivity contribution is 0.269. The van der Waals surface area contributed by atoms with E-state index in [-0.39, 0.29) is 11.9 Å². The number of halogens is 1. The average molecular weight is 222 g/mol. The molecule has 2 rings (SSSR count). The molecule has 0 spiro atoms. The molecular weight excluding hydrogens is 203 g/mol. The van der Waals surface area contributed by atoms with Crippen LogP contribution in [0.5, 0.6) is 0 Å². The first-order valence-corrected chi connectivity index (χ1v) is 6.03. The van der Waals surface area contributed by atoms with Crippen molar-refractivity contribution in [2.24, 2.45) is 11.8 Å². The highest BCUT2D eigenvalue weighted by Crippen LogP contribution is 2.34. The Bertz CT molecular complexity index is 334. The maximum Gasteiger partial charge on any atom is 0.128 e. The van der Waals surface area contributed by atoms with Gasteiger partial charge >= 0.3 is 0 Å². The van der Waals surface area contributed by atoms with E-state index in [0.717, 1.165) is 12.8 Å². The van der Waals surface area contributed by atoms with E-state index in [9.17, 15) is 4.39 Å². The molecule has 0 amide bonds. The molecule has 3 N–H and O–H groups in total. The number of hydrazine groups is 1. The van der Waals surface area contributed by atoms with Crippen LogP contribution >= 0.6 is 0 Å². The van der Waals surface area contributed by atoms with Gasteiger partial charge in [0.1, 0.15) is 5.82 Å². The van der Waals surface area contributed by atoms with Crippen molar-refractivity contribution in [2.45, 2.75) is 38.1 Å². The average Bonchev–Trinajstić information content (AvgIpc) is 2.34. The molecule has 16 heavy (non-hydrogen) atoms. The zero-order valence-electron chi connectivity index (χ0n) is 9.45. The fourth-order valence-corrected chi connectivity index (χ4v) is 2.67. The van der Waals surface area contributed by atoms with E-state index in [1.807, 2.05) is 12.1 Å². The first-order chi connectivity index (χ1) is 7.83. The van der Waals surface area contributed by atoms with Gasteiger partial charge in [0.2, 0.25) is 0 Å². The van der Waals surface area contributed by atoms with Crippen LogP contribution in [0.25, 0.3) is 0 Å². The first kappa shape index (κ1) is 11.6. The van der Waals surface area contributed by atoms with E-state index < -0.39 is 0 Å². The molecule has 0 aromatic heterocycles. The molecule has 2 nitrogen and oxygen atoms in total. The van der Waals surface area contributed by atoms with Crippen LogP contribution in [0.2, 0.25) is 0 Å². The lowest BCUT2D eigenvalue weighted by Gasteiger charge is -2.30. The summed E-state index contributed by atoms with van der Waals surface area (Å²) in [6, 6.07) is 6.87. The second kappa shape index (κ2) is 5.41.